The molecule has 0 fully saturated rings. The minimum atomic E-state index is 0.628. The minimum absolute atomic E-state index is 0.628. The molecule has 0 aliphatic heterocycles. The maximum atomic E-state index is 5.61. The molecule has 2 heterocycles. The van der Waals surface area contributed by atoms with Gasteiger partial charge in [0.1, 0.15) is 5.75 Å². The monoisotopic (exact) mass is 358 g/mol. The third-order valence-corrected chi connectivity index (χ3v) is 5.12. The van der Waals surface area contributed by atoms with Crippen LogP contribution >= 0.6 is 23.1 Å². The summed E-state index contributed by atoms with van der Waals surface area (Å²) in [5, 5.41) is 12.5. The van der Waals surface area contributed by atoms with Gasteiger partial charge in [0.15, 0.2) is 4.34 Å². The maximum absolute atomic E-state index is 5.61. The van der Waals surface area contributed by atoms with E-state index in [-0.39, 0.29) is 0 Å². The molecule has 124 valence electrons. The van der Waals surface area contributed by atoms with Crippen molar-refractivity contribution >= 4 is 33.9 Å². The molecule has 0 amide bonds. The van der Waals surface area contributed by atoms with Crippen LogP contribution in [0.3, 0.4) is 0 Å². The number of nitrogens with zero attached hydrogens (tertiary/aromatic N) is 3. The van der Waals surface area contributed by atoms with Crippen molar-refractivity contribution in [2.45, 2.75) is 17.7 Å². The van der Waals surface area contributed by atoms with Crippen molar-refractivity contribution in [3.63, 3.8) is 0 Å². The summed E-state index contributed by atoms with van der Waals surface area (Å²) in [5.41, 5.74) is 2.00. The molecule has 1 aromatic carbocycles. The number of thioether (sulfide) groups is 1. The first-order chi connectivity index (χ1) is 11.8. The van der Waals surface area contributed by atoms with Gasteiger partial charge < -0.3 is 10.1 Å². The zero-order chi connectivity index (χ0) is 16.6. The first-order valence-electron chi connectivity index (χ1n) is 7.70. The van der Waals surface area contributed by atoms with E-state index in [0.717, 1.165) is 38.8 Å². The molecule has 0 saturated carbocycles. The Morgan fingerprint density at radius 1 is 1.12 bits per heavy atom. The zero-order valence-electron chi connectivity index (χ0n) is 13.3. The Morgan fingerprint density at radius 2 is 2.00 bits per heavy atom. The number of pyridine rings is 1. The Morgan fingerprint density at radius 3 is 2.83 bits per heavy atom. The molecule has 0 saturated heterocycles. The Balaban J connectivity index is 1.56. The van der Waals surface area contributed by atoms with Crippen LogP contribution in [0.5, 0.6) is 5.75 Å². The fourth-order valence-corrected chi connectivity index (χ4v) is 3.87. The number of rotatable bonds is 8. The predicted octanol–water partition coefficient (Wildman–Crippen LogP) is 4.41. The van der Waals surface area contributed by atoms with E-state index >= 15 is 0 Å². The summed E-state index contributed by atoms with van der Waals surface area (Å²) < 4.78 is 6.56. The van der Waals surface area contributed by atoms with Crippen LogP contribution in [0.2, 0.25) is 0 Å². The van der Waals surface area contributed by atoms with Crippen molar-refractivity contribution < 1.29 is 4.74 Å². The molecule has 5 nitrogen and oxygen atoms in total. The van der Waals surface area contributed by atoms with Crippen LogP contribution in [0, 0.1) is 0 Å². The van der Waals surface area contributed by atoms with Crippen LogP contribution in [0.4, 0.5) is 10.8 Å². The average Bonchev–Trinajstić information content (AvgIpc) is 3.05. The maximum Gasteiger partial charge on any atom is 0.210 e. The predicted molar refractivity (Wildman–Crippen MR) is 99.5 cm³/mol. The number of aryl methyl sites for hydroxylation is 1. The topological polar surface area (TPSA) is 59.9 Å². The van der Waals surface area contributed by atoms with E-state index in [2.05, 4.69) is 20.5 Å². The third kappa shape index (κ3) is 4.69. The van der Waals surface area contributed by atoms with E-state index < -0.39 is 0 Å². The molecule has 0 radical (unpaired) electrons. The molecule has 0 aliphatic carbocycles. The van der Waals surface area contributed by atoms with Gasteiger partial charge in [0.25, 0.3) is 0 Å². The second-order valence-electron chi connectivity index (χ2n) is 4.85. The molecule has 3 rings (SSSR count). The van der Waals surface area contributed by atoms with Crippen molar-refractivity contribution in [3.05, 3.63) is 54.4 Å². The molecule has 0 unspecified atom stereocenters. The molecule has 0 atom stereocenters. The Labute approximate surface area is 149 Å². The highest BCUT2D eigenvalue weighted by molar-refractivity contribution is 8.01. The van der Waals surface area contributed by atoms with E-state index in [1.165, 1.54) is 0 Å². The largest absolute Gasteiger partial charge is 0.492 e. The van der Waals surface area contributed by atoms with Crippen LogP contribution < -0.4 is 10.1 Å². The Hall–Kier alpha value is -2.12. The summed E-state index contributed by atoms with van der Waals surface area (Å²) in [6.07, 6.45) is 2.74. The number of nitrogens with one attached hydrogen (secondary N) is 1. The highest BCUT2D eigenvalue weighted by Gasteiger charge is 2.08. The third-order valence-electron chi connectivity index (χ3n) is 3.14. The van der Waals surface area contributed by atoms with Crippen LogP contribution in [0.25, 0.3) is 0 Å². The molecule has 1 N–H and O–H groups in total. The smallest absolute Gasteiger partial charge is 0.210 e. The average molecular weight is 358 g/mol. The first-order valence-corrected chi connectivity index (χ1v) is 9.50. The van der Waals surface area contributed by atoms with Gasteiger partial charge in [0.05, 0.1) is 12.3 Å². The summed E-state index contributed by atoms with van der Waals surface area (Å²) in [5.74, 6) is 1.75. The van der Waals surface area contributed by atoms with Crippen LogP contribution in [0.1, 0.15) is 12.6 Å². The molecule has 2 aromatic heterocycles. The number of benzene rings is 1. The molecule has 0 spiro atoms. The van der Waals surface area contributed by atoms with Gasteiger partial charge in [-0.2, -0.15) is 0 Å². The lowest BCUT2D eigenvalue weighted by atomic mass is 10.3. The minimum Gasteiger partial charge on any atom is -0.492 e. The lowest BCUT2D eigenvalue weighted by Crippen LogP contribution is -1.97. The molecular formula is C17H18N4OS2. The van der Waals surface area contributed by atoms with E-state index in [0.29, 0.717) is 6.61 Å². The van der Waals surface area contributed by atoms with Gasteiger partial charge in [0, 0.05) is 17.6 Å². The highest BCUT2D eigenvalue weighted by atomic mass is 32.2. The van der Waals surface area contributed by atoms with Gasteiger partial charge in [-0.25, -0.2) is 0 Å². The van der Waals surface area contributed by atoms with Gasteiger partial charge in [-0.15, -0.1) is 10.2 Å². The summed E-state index contributed by atoms with van der Waals surface area (Å²) in [6.45, 7) is 2.60. The first kappa shape index (κ1) is 16.7. The van der Waals surface area contributed by atoms with Crippen LogP contribution in [-0.2, 0) is 6.42 Å². The van der Waals surface area contributed by atoms with Crippen molar-refractivity contribution in [2.75, 3.05) is 17.7 Å². The van der Waals surface area contributed by atoms with Crippen LogP contribution in [0.15, 0.2) is 53.0 Å². The molecular weight excluding hydrogens is 340 g/mol. The van der Waals surface area contributed by atoms with Gasteiger partial charge in [-0.3, -0.25) is 4.98 Å². The van der Waals surface area contributed by atoms with Crippen LogP contribution in [-0.4, -0.2) is 27.5 Å². The lowest BCUT2D eigenvalue weighted by molar-refractivity contribution is 0.342. The Kier molecular flexibility index (Phi) is 6.03. The van der Waals surface area contributed by atoms with Gasteiger partial charge in [-0.05, 0) is 37.6 Å². The van der Waals surface area contributed by atoms with Crippen molar-refractivity contribution in [1.29, 1.82) is 0 Å². The molecule has 0 bridgehead atoms. The summed E-state index contributed by atoms with van der Waals surface area (Å²) in [4.78, 5) is 4.33. The fraction of sp³-hybridized carbons (Fsp3) is 0.235. The summed E-state index contributed by atoms with van der Waals surface area (Å²) >= 11 is 3.24. The molecule has 24 heavy (non-hydrogen) atoms. The number of aromatic nitrogens is 3. The standard InChI is InChI=1S/C17H18N4OS2/c1-2-22-15-9-4-3-8-14(15)19-16-20-21-17(24-16)23-12-10-13-7-5-6-11-18-13/h3-9,11H,2,10,12H2,1H3,(H,19,20). The molecule has 3 aromatic rings. The van der Waals surface area contributed by atoms with Crippen molar-refractivity contribution in [3.8, 4) is 5.75 Å². The van der Waals surface area contributed by atoms with Gasteiger partial charge >= 0.3 is 0 Å². The number of hydrogen-bond donors (Lipinski definition) is 1. The van der Waals surface area contributed by atoms with E-state index in [4.69, 9.17) is 4.74 Å². The van der Waals surface area contributed by atoms with Gasteiger partial charge in [-0.1, -0.05) is 41.3 Å². The normalized spacial score (nSPS) is 10.5. The highest BCUT2D eigenvalue weighted by Crippen LogP contribution is 2.31. The lowest BCUT2D eigenvalue weighted by Gasteiger charge is -2.09. The van der Waals surface area contributed by atoms with Crippen molar-refractivity contribution in [2.24, 2.45) is 0 Å². The van der Waals surface area contributed by atoms with E-state index in [1.54, 1.807) is 23.1 Å². The Bertz CT molecular complexity index is 764. The zero-order valence-corrected chi connectivity index (χ0v) is 14.9. The van der Waals surface area contributed by atoms with Gasteiger partial charge in [0.2, 0.25) is 5.13 Å². The summed E-state index contributed by atoms with van der Waals surface area (Å²) in [6, 6.07) is 13.8. The number of anilines is 2. The van der Waals surface area contributed by atoms with E-state index in [1.807, 2.05) is 55.6 Å². The second-order valence-corrected chi connectivity index (χ2v) is 7.17. The SMILES string of the molecule is CCOc1ccccc1Nc1nnc(SCCc2ccccn2)s1. The summed E-state index contributed by atoms with van der Waals surface area (Å²) in [7, 11) is 0. The van der Waals surface area contributed by atoms with E-state index in [9.17, 15) is 0 Å². The van der Waals surface area contributed by atoms with Crippen molar-refractivity contribution in [1.82, 2.24) is 15.2 Å². The second kappa shape index (κ2) is 8.65. The molecule has 0 aliphatic rings. The number of ether oxygens (including phenoxy) is 1. The number of para-hydroxylation sites is 2. The number of hydrogen-bond acceptors (Lipinski definition) is 7. The quantitative estimate of drug-likeness (QED) is 0.602. The fourth-order valence-electron chi connectivity index (χ4n) is 2.07. The molecule has 7 heteroatoms.